The minimum atomic E-state index is -4.35. The molecule has 4 nitrogen and oxygen atoms in total. The molecule has 0 atom stereocenters. The third kappa shape index (κ3) is 4.25. The normalized spacial score (nSPS) is 12.2. The molecule has 0 fully saturated rings. The number of fused-ring (bicyclic) bond motifs is 1. The van der Waals surface area contributed by atoms with E-state index in [0.29, 0.717) is 29.4 Å². The van der Waals surface area contributed by atoms with E-state index in [9.17, 15) is 18.0 Å². The van der Waals surface area contributed by atoms with E-state index >= 15 is 0 Å². The van der Waals surface area contributed by atoms with Gasteiger partial charge in [-0.15, -0.1) is 11.3 Å². The molecule has 1 aromatic carbocycles. The first kappa shape index (κ1) is 18.5. The number of nitrogens with one attached hydrogen (secondary N) is 1. The smallest absolute Gasteiger partial charge is 0.352 e. The number of imidazole rings is 1. The molecule has 0 radical (unpaired) electrons. The highest BCUT2D eigenvalue weighted by molar-refractivity contribution is 7.15. The number of halogens is 4. The van der Waals surface area contributed by atoms with Gasteiger partial charge < -0.3 is 5.32 Å². The van der Waals surface area contributed by atoms with Gasteiger partial charge in [0.2, 0.25) is 5.91 Å². The van der Waals surface area contributed by atoms with Gasteiger partial charge in [0.05, 0.1) is 11.3 Å². The number of alkyl halides is 3. The summed E-state index contributed by atoms with van der Waals surface area (Å²) in [6.45, 7) is 0.308. The first-order valence-electron chi connectivity index (χ1n) is 7.57. The Morgan fingerprint density at radius 1 is 1.31 bits per heavy atom. The molecule has 3 rings (SSSR count). The molecule has 26 heavy (non-hydrogen) atoms. The Bertz CT molecular complexity index is 944. The largest absolute Gasteiger partial charge is 0.416 e. The van der Waals surface area contributed by atoms with Crippen molar-refractivity contribution < 1.29 is 18.0 Å². The van der Waals surface area contributed by atoms with Crippen LogP contribution in [0.1, 0.15) is 16.8 Å². The van der Waals surface area contributed by atoms with Gasteiger partial charge in [-0.2, -0.15) is 13.2 Å². The summed E-state index contributed by atoms with van der Waals surface area (Å²) in [5, 5.41) is 4.85. The molecule has 0 spiro atoms. The Balaban J connectivity index is 1.53. The van der Waals surface area contributed by atoms with Crippen LogP contribution < -0.4 is 5.32 Å². The van der Waals surface area contributed by atoms with E-state index in [-0.39, 0.29) is 5.91 Å². The van der Waals surface area contributed by atoms with Gasteiger partial charge in [-0.25, -0.2) is 4.98 Å². The van der Waals surface area contributed by atoms with E-state index in [0.717, 1.165) is 17.1 Å². The lowest BCUT2D eigenvalue weighted by Crippen LogP contribution is -2.23. The number of benzene rings is 1. The molecule has 0 aliphatic carbocycles. The fraction of sp³-hybridized carbons (Fsp3) is 0.176. The summed E-state index contributed by atoms with van der Waals surface area (Å²) in [5.41, 5.74) is 0.632. The number of carbonyl (C=O) groups is 1. The quantitative estimate of drug-likeness (QED) is 0.645. The molecule has 9 heteroatoms. The summed E-state index contributed by atoms with van der Waals surface area (Å²) in [7, 11) is 0. The Kier molecular flexibility index (Phi) is 5.33. The molecule has 0 aliphatic rings. The van der Waals surface area contributed by atoms with Crippen molar-refractivity contribution in [3.05, 3.63) is 63.9 Å². The second-order valence-corrected chi connectivity index (χ2v) is 6.64. The molecule has 1 N–H and O–H groups in total. The Morgan fingerprint density at radius 2 is 2.04 bits per heavy atom. The molecule has 1 amide bonds. The fourth-order valence-corrected chi connectivity index (χ4v) is 3.34. The van der Waals surface area contributed by atoms with Crippen molar-refractivity contribution in [3.63, 3.8) is 0 Å². The number of amides is 1. The van der Waals surface area contributed by atoms with E-state index in [1.165, 1.54) is 29.5 Å². The van der Waals surface area contributed by atoms with Crippen molar-refractivity contribution in [2.24, 2.45) is 0 Å². The number of hydrogen-bond donors (Lipinski definition) is 1. The first-order chi connectivity index (χ1) is 12.3. The molecule has 2 aromatic heterocycles. The summed E-state index contributed by atoms with van der Waals surface area (Å²) < 4.78 is 39.3. The number of nitrogens with zero attached hydrogens (tertiary/aromatic N) is 2. The van der Waals surface area contributed by atoms with Crippen LogP contribution in [0.4, 0.5) is 13.2 Å². The van der Waals surface area contributed by atoms with Gasteiger partial charge in [-0.1, -0.05) is 23.7 Å². The predicted octanol–water partition coefficient (Wildman–Crippen LogP) is 4.44. The molecular formula is C17H13ClF3N3OS. The molecule has 0 saturated heterocycles. The van der Waals surface area contributed by atoms with Gasteiger partial charge in [-0.05, 0) is 30.2 Å². The van der Waals surface area contributed by atoms with Crippen molar-refractivity contribution in [2.45, 2.75) is 12.6 Å². The minimum Gasteiger partial charge on any atom is -0.352 e. The highest BCUT2D eigenvalue weighted by Gasteiger charge is 2.29. The van der Waals surface area contributed by atoms with Gasteiger partial charge in [0.15, 0.2) is 10.1 Å². The van der Waals surface area contributed by atoms with Gasteiger partial charge in [-0.3, -0.25) is 9.20 Å². The molecule has 0 saturated carbocycles. The summed E-state index contributed by atoms with van der Waals surface area (Å²) in [4.78, 5) is 16.8. The van der Waals surface area contributed by atoms with Crippen LogP contribution in [-0.2, 0) is 17.4 Å². The van der Waals surface area contributed by atoms with Crippen LogP contribution in [0.25, 0.3) is 11.0 Å². The fourth-order valence-electron chi connectivity index (χ4n) is 2.33. The monoisotopic (exact) mass is 399 g/mol. The molecule has 0 unspecified atom stereocenters. The zero-order chi connectivity index (χ0) is 18.7. The summed E-state index contributed by atoms with van der Waals surface area (Å²) in [6, 6.07) is 4.88. The van der Waals surface area contributed by atoms with E-state index in [2.05, 4.69) is 10.3 Å². The molecule has 2 heterocycles. The molecule has 136 valence electrons. The van der Waals surface area contributed by atoms with Crippen LogP contribution in [0.15, 0.2) is 41.9 Å². The first-order valence-corrected chi connectivity index (χ1v) is 8.83. The highest BCUT2D eigenvalue weighted by atomic mass is 35.5. The highest BCUT2D eigenvalue weighted by Crippen LogP contribution is 2.29. The van der Waals surface area contributed by atoms with Crippen LogP contribution in [0.3, 0.4) is 0 Å². The molecule has 0 bridgehead atoms. The number of carbonyl (C=O) groups excluding carboxylic acids is 1. The topological polar surface area (TPSA) is 46.4 Å². The summed E-state index contributed by atoms with van der Waals surface area (Å²) in [6.07, 6.45) is 0.809. The third-order valence-corrected chi connectivity index (χ3v) is 4.68. The number of aromatic nitrogens is 2. The Morgan fingerprint density at radius 3 is 2.73 bits per heavy atom. The van der Waals surface area contributed by atoms with Crippen LogP contribution in [0.2, 0.25) is 5.15 Å². The van der Waals surface area contributed by atoms with Crippen molar-refractivity contribution in [1.29, 1.82) is 0 Å². The second-order valence-electron chi connectivity index (χ2n) is 5.41. The van der Waals surface area contributed by atoms with Crippen LogP contribution >= 0.6 is 22.9 Å². The lowest BCUT2D eigenvalue weighted by molar-refractivity contribution is -0.137. The van der Waals surface area contributed by atoms with Gasteiger partial charge in [0.25, 0.3) is 0 Å². The van der Waals surface area contributed by atoms with Gasteiger partial charge in [0.1, 0.15) is 0 Å². The van der Waals surface area contributed by atoms with Crippen LogP contribution in [-0.4, -0.2) is 21.8 Å². The zero-order valence-corrected chi connectivity index (χ0v) is 14.8. The van der Waals surface area contributed by atoms with E-state index < -0.39 is 11.7 Å². The van der Waals surface area contributed by atoms with Crippen molar-refractivity contribution in [1.82, 2.24) is 14.7 Å². The third-order valence-electron chi connectivity index (χ3n) is 3.64. The number of hydrogen-bond acceptors (Lipinski definition) is 3. The van der Waals surface area contributed by atoms with Gasteiger partial charge in [0, 0.05) is 24.2 Å². The lowest BCUT2D eigenvalue weighted by Gasteiger charge is -2.07. The zero-order valence-electron chi connectivity index (χ0n) is 13.3. The standard InChI is InChI=1S/C17H13ClF3N3OS/c18-15-13(24-9-10-26-16(24)23-15)5-6-14(25)22-8-7-11-1-3-12(4-2-11)17(19,20)21/h1-6,9-10H,7-8H2,(H,22,25)/b6-5+. The summed E-state index contributed by atoms with van der Waals surface area (Å²) >= 11 is 7.47. The van der Waals surface area contributed by atoms with Crippen LogP contribution in [0, 0.1) is 0 Å². The second kappa shape index (κ2) is 7.51. The minimum absolute atomic E-state index is 0.308. The maximum absolute atomic E-state index is 12.5. The SMILES string of the molecule is O=C(/C=C/c1c(Cl)nc2sccn12)NCCc1ccc(C(F)(F)F)cc1. The van der Waals surface area contributed by atoms with E-state index in [1.807, 2.05) is 5.38 Å². The molecule has 3 aromatic rings. The van der Waals surface area contributed by atoms with E-state index in [1.54, 1.807) is 16.7 Å². The average molecular weight is 400 g/mol. The van der Waals surface area contributed by atoms with Crippen molar-refractivity contribution in [3.8, 4) is 0 Å². The average Bonchev–Trinajstić information content (AvgIpc) is 3.13. The van der Waals surface area contributed by atoms with Crippen LogP contribution in [0.5, 0.6) is 0 Å². The number of thiazole rings is 1. The maximum Gasteiger partial charge on any atom is 0.416 e. The molecule has 0 aliphatic heterocycles. The summed E-state index contributed by atoms with van der Waals surface area (Å²) in [5.74, 6) is -0.321. The Hall–Kier alpha value is -2.32. The maximum atomic E-state index is 12.5. The predicted molar refractivity (Wildman–Crippen MR) is 95.3 cm³/mol. The lowest BCUT2D eigenvalue weighted by atomic mass is 10.1. The van der Waals surface area contributed by atoms with Gasteiger partial charge >= 0.3 is 6.18 Å². The van der Waals surface area contributed by atoms with Crippen molar-refractivity contribution in [2.75, 3.05) is 6.54 Å². The van der Waals surface area contributed by atoms with Crippen molar-refractivity contribution >= 4 is 39.9 Å². The number of rotatable bonds is 5. The Labute approximate surface area is 155 Å². The van der Waals surface area contributed by atoms with E-state index in [4.69, 9.17) is 11.6 Å². The molecular weight excluding hydrogens is 387 g/mol.